The summed E-state index contributed by atoms with van der Waals surface area (Å²) < 4.78 is 5.25. The Kier molecular flexibility index (Phi) is 3.94. The average molecular weight is 180 g/mol. The molecule has 1 rings (SSSR count). The molecule has 3 nitrogen and oxygen atoms in total. The first-order valence-corrected chi connectivity index (χ1v) is 4.64. The Labute approximate surface area is 79.6 Å². The number of nitriles is 1. The highest BCUT2D eigenvalue weighted by Gasteiger charge is 2.14. The summed E-state index contributed by atoms with van der Waals surface area (Å²) in [5, 5.41) is 8.62. The fraction of sp³-hybridized carbons (Fsp3) is 0.700. The zero-order valence-electron chi connectivity index (χ0n) is 8.29. The van der Waals surface area contributed by atoms with E-state index in [1.165, 1.54) is 0 Å². The lowest BCUT2D eigenvalue weighted by Crippen LogP contribution is -2.41. The van der Waals surface area contributed by atoms with Crippen molar-refractivity contribution in [1.82, 2.24) is 4.90 Å². The first-order chi connectivity index (χ1) is 6.24. The summed E-state index contributed by atoms with van der Waals surface area (Å²) in [7, 11) is 0. The SMILES string of the molecule is CC(C#N)=CC(C)N1CCOCC1. The highest BCUT2D eigenvalue weighted by atomic mass is 16.5. The van der Waals surface area contributed by atoms with E-state index in [-0.39, 0.29) is 0 Å². The van der Waals surface area contributed by atoms with E-state index in [0.717, 1.165) is 31.9 Å². The molecule has 0 aromatic heterocycles. The summed E-state index contributed by atoms with van der Waals surface area (Å²) in [6.45, 7) is 7.52. The lowest BCUT2D eigenvalue weighted by Gasteiger charge is -2.30. The van der Waals surface area contributed by atoms with Gasteiger partial charge in [0.15, 0.2) is 0 Å². The molecular weight excluding hydrogens is 164 g/mol. The van der Waals surface area contributed by atoms with E-state index < -0.39 is 0 Å². The Morgan fingerprint density at radius 1 is 1.54 bits per heavy atom. The number of hydrogen-bond donors (Lipinski definition) is 0. The minimum Gasteiger partial charge on any atom is -0.379 e. The van der Waals surface area contributed by atoms with Crippen LogP contribution in [0.4, 0.5) is 0 Å². The maximum Gasteiger partial charge on any atom is 0.0941 e. The van der Waals surface area contributed by atoms with Gasteiger partial charge >= 0.3 is 0 Å². The molecule has 0 aliphatic carbocycles. The molecule has 72 valence electrons. The largest absolute Gasteiger partial charge is 0.379 e. The van der Waals surface area contributed by atoms with Gasteiger partial charge in [-0.05, 0) is 13.8 Å². The second kappa shape index (κ2) is 5.00. The van der Waals surface area contributed by atoms with Crippen molar-refractivity contribution in [1.29, 1.82) is 5.26 Å². The monoisotopic (exact) mass is 180 g/mol. The third-order valence-electron chi connectivity index (χ3n) is 2.29. The Morgan fingerprint density at radius 3 is 2.69 bits per heavy atom. The molecule has 1 aliphatic rings. The summed E-state index contributed by atoms with van der Waals surface area (Å²) in [6.07, 6.45) is 2.01. The van der Waals surface area contributed by atoms with Crippen LogP contribution in [-0.2, 0) is 4.74 Å². The molecule has 1 heterocycles. The van der Waals surface area contributed by atoms with Crippen molar-refractivity contribution >= 4 is 0 Å². The molecule has 1 atom stereocenters. The summed E-state index contributed by atoms with van der Waals surface area (Å²) in [5.41, 5.74) is 0.791. The fourth-order valence-electron chi connectivity index (χ4n) is 1.49. The van der Waals surface area contributed by atoms with Gasteiger partial charge in [-0.25, -0.2) is 0 Å². The molecular formula is C10H16N2O. The third kappa shape index (κ3) is 3.17. The first-order valence-electron chi connectivity index (χ1n) is 4.64. The van der Waals surface area contributed by atoms with Crippen LogP contribution in [0, 0.1) is 11.3 Å². The molecule has 1 saturated heterocycles. The normalized spacial score (nSPS) is 22.4. The Morgan fingerprint density at radius 2 is 2.15 bits per heavy atom. The first kappa shape index (κ1) is 10.2. The maximum absolute atomic E-state index is 8.62. The quantitative estimate of drug-likeness (QED) is 0.599. The molecule has 0 aromatic carbocycles. The van der Waals surface area contributed by atoms with Crippen LogP contribution in [0.1, 0.15) is 13.8 Å². The Balaban J connectivity index is 2.47. The molecule has 13 heavy (non-hydrogen) atoms. The van der Waals surface area contributed by atoms with Crippen LogP contribution in [-0.4, -0.2) is 37.2 Å². The smallest absolute Gasteiger partial charge is 0.0941 e. The van der Waals surface area contributed by atoms with Gasteiger partial charge in [0.25, 0.3) is 0 Å². The highest BCUT2D eigenvalue weighted by Crippen LogP contribution is 2.06. The van der Waals surface area contributed by atoms with Gasteiger partial charge in [0.05, 0.1) is 19.3 Å². The third-order valence-corrected chi connectivity index (χ3v) is 2.29. The van der Waals surface area contributed by atoms with E-state index in [1.54, 1.807) is 0 Å². The summed E-state index contributed by atoms with van der Waals surface area (Å²) >= 11 is 0. The van der Waals surface area contributed by atoms with Crippen molar-refractivity contribution in [2.45, 2.75) is 19.9 Å². The summed E-state index contributed by atoms with van der Waals surface area (Å²) in [6, 6.07) is 2.49. The molecule has 1 unspecified atom stereocenters. The molecule has 0 N–H and O–H groups in total. The zero-order chi connectivity index (χ0) is 9.68. The number of ether oxygens (including phenoxy) is 1. The molecule has 0 radical (unpaired) electrons. The standard InChI is InChI=1S/C10H16N2O/c1-9(8-11)7-10(2)12-3-5-13-6-4-12/h7,10H,3-6H2,1-2H3. The van der Waals surface area contributed by atoms with Crippen LogP contribution < -0.4 is 0 Å². The van der Waals surface area contributed by atoms with E-state index in [0.29, 0.717) is 6.04 Å². The summed E-state index contributed by atoms with van der Waals surface area (Å²) in [4.78, 5) is 2.32. The van der Waals surface area contributed by atoms with E-state index >= 15 is 0 Å². The van der Waals surface area contributed by atoms with Gasteiger partial charge in [0, 0.05) is 24.7 Å². The predicted molar refractivity (Wildman–Crippen MR) is 51.2 cm³/mol. The molecule has 1 aliphatic heterocycles. The average Bonchev–Trinajstić information content (AvgIpc) is 2.19. The van der Waals surface area contributed by atoms with Crippen LogP contribution >= 0.6 is 0 Å². The molecule has 1 fully saturated rings. The molecule has 3 heteroatoms. The van der Waals surface area contributed by atoms with Crippen molar-refractivity contribution in [3.05, 3.63) is 11.6 Å². The van der Waals surface area contributed by atoms with E-state index in [9.17, 15) is 0 Å². The number of morpholine rings is 1. The van der Waals surface area contributed by atoms with Crippen molar-refractivity contribution < 1.29 is 4.74 Å². The van der Waals surface area contributed by atoms with Crippen molar-refractivity contribution in [2.24, 2.45) is 0 Å². The molecule has 0 spiro atoms. The number of allylic oxidation sites excluding steroid dienone is 1. The number of nitrogens with zero attached hydrogens (tertiary/aromatic N) is 2. The Bertz CT molecular complexity index is 224. The second-order valence-electron chi connectivity index (χ2n) is 3.35. The molecule has 0 bridgehead atoms. The molecule has 0 aromatic rings. The molecule has 0 saturated carbocycles. The van der Waals surface area contributed by atoms with Gasteiger partial charge in [-0.15, -0.1) is 0 Å². The summed E-state index contributed by atoms with van der Waals surface area (Å²) in [5.74, 6) is 0. The zero-order valence-corrected chi connectivity index (χ0v) is 8.29. The minimum atomic E-state index is 0.351. The number of rotatable bonds is 2. The van der Waals surface area contributed by atoms with E-state index in [2.05, 4.69) is 17.9 Å². The minimum absolute atomic E-state index is 0.351. The topological polar surface area (TPSA) is 36.3 Å². The van der Waals surface area contributed by atoms with Gasteiger partial charge in [0.1, 0.15) is 0 Å². The van der Waals surface area contributed by atoms with Crippen molar-refractivity contribution in [3.8, 4) is 6.07 Å². The maximum atomic E-state index is 8.62. The Hall–Kier alpha value is -0.850. The fourth-order valence-corrected chi connectivity index (χ4v) is 1.49. The van der Waals surface area contributed by atoms with Gasteiger partial charge in [-0.2, -0.15) is 5.26 Å². The van der Waals surface area contributed by atoms with Crippen molar-refractivity contribution in [3.63, 3.8) is 0 Å². The van der Waals surface area contributed by atoms with Gasteiger partial charge in [-0.1, -0.05) is 6.08 Å². The van der Waals surface area contributed by atoms with Crippen molar-refractivity contribution in [2.75, 3.05) is 26.3 Å². The predicted octanol–water partition coefficient (Wildman–Crippen LogP) is 1.18. The lowest BCUT2D eigenvalue weighted by atomic mass is 10.2. The van der Waals surface area contributed by atoms with Crippen LogP contribution in [0.3, 0.4) is 0 Å². The number of hydrogen-bond acceptors (Lipinski definition) is 3. The van der Waals surface area contributed by atoms with Gasteiger partial charge in [-0.3, -0.25) is 4.90 Å². The van der Waals surface area contributed by atoms with Crippen LogP contribution in [0.15, 0.2) is 11.6 Å². The van der Waals surface area contributed by atoms with E-state index in [4.69, 9.17) is 10.00 Å². The van der Waals surface area contributed by atoms with E-state index in [1.807, 2.05) is 13.0 Å². The van der Waals surface area contributed by atoms with Crippen LogP contribution in [0.25, 0.3) is 0 Å². The highest BCUT2D eigenvalue weighted by molar-refractivity contribution is 5.19. The second-order valence-corrected chi connectivity index (χ2v) is 3.35. The molecule has 0 amide bonds. The van der Waals surface area contributed by atoms with Crippen LogP contribution in [0.2, 0.25) is 0 Å². The van der Waals surface area contributed by atoms with Gasteiger partial charge < -0.3 is 4.74 Å². The lowest BCUT2D eigenvalue weighted by molar-refractivity contribution is 0.0286. The van der Waals surface area contributed by atoms with Gasteiger partial charge in [0.2, 0.25) is 0 Å². The van der Waals surface area contributed by atoms with Crippen LogP contribution in [0.5, 0.6) is 0 Å².